The van der Waals surface area contributed by atoms with Gasteiger partial charge in [0.15, 0.2) is 6.61 Å². The van der Waals surface area contributed by atoms with Gasteiger partial charge in [-0.05, 0) is 37.6 Å². The first kappa shape index (κ1) is 17.0. The Balaban J connectivity index is 2.58. The van der Waals surface area contributed by atoms with Gasteiger partial charge in [-0.3, -0.25) is 4.79 Å². The van der Waals surface area contributed by atoms with Gasteiger partial charge >= 0.3 is 0 Å². The summed E-state index contributed by atoms with van der Waals surface area (Å²) in [4.78, 5) is 11.5. The second kappa shape index (κ2) is 8.27. The van der Waals surface area contributed by atoms with E-state index in [1.807, 2.05) is 32.0 Å². The highest BCUT2D eigenvalue weighted by molar-refractivity contribution is 9.10. The SMILES string of the molecule is CC(C)NCc1cc(OCC(=O)NC(C)C)ccc1Br. The van der Waals surface area contributed by atoms with Crippen molar-refractivity contribution in [3.8, 4) is 5.75 Å². The Morgan fingerprint density at radius 1 is 1.25 bits per heavy atom. The number of hydrogen-bond donors (Lipinski definition) is 2. The van der Waals surface area contributed by atoms with Gasteiger partial charge in [-0.25, -0.2) is 0 Å². The van der Waals surface area contributed by atoms with Crippen LogP contribution < -0.4 is 15.4 Å². The zero-order valence-corrected chi connectivity index (χ0v) is 14.1. The van der Waals surface area contributed by atoms with Crippen molar-refractivity contribution in [3.63, 3.8) is 0 Å². The van der Waals surface area contributed by atoms with Crippen LogP contribution in [0.5, 0.6) is 5.75 Å². The fourth-order valence-corrected chi connectivity index (χ4v) is 1.99. The molecule has 1 rings (SSSR count). The molecule has 112 valence electrons. The van der Waals surface area contributed by atoms with Gasteiger partial charge in [0.1, 0.15) is 5.75 Å². The number of nitrogens with one attached hydrogen (secondary N) is 2. The van der Waals surface area contributed by atoms with Crippen LogP contribution in [0.1, 0.15) is 33.3 Å². The lowest BCUT2D eigenvalue weighted by Crippen LogP contribution is -2.34. The number of halogens is 1. The van der Waals surface area contributed by atoms with E-state index in [0.717, 1.165) is 16.6 Å². The van der Waals surface area contributed by atoms with Gasteiger partial charge in [-0.2, -0.15) is 0 Å². The van der Waals surface area contributed by atoms with Crippen LogP contribution in [0.2, 0.25) is 0 Å². The largest absolute Gasteiger partial charge is 0.484 e. The molecular weight excluding hydrogens is 320 g/mol. The van der Waals surface area contributed by atoms with Gasteiger partial charge in [0.25, 0.3) is 5.91 Å². The minimum atomic E-state index is -0.107. The Morgan fingerprint density at radius 2 is 1.95 bits per heavy atom. The van der Waals surface area contributed by atoms with Crippen molar-refractivity contribution in [1.29, 1.82) is 0 Å². The third-order valence-corrected chi connectivity index (χ3v) is 3.31. The molecule has 0 aliphatic heterocycles. The molecule has 2 N–H and O–H groups in total. The highest BCUT2D eigenvalue weighted by atomic mass is 79.9. The zero-order valence-electron chi connectivity index (χ0n) is 12.5. The van der Waals surface area contributed by atoms with Gasteiger partial charge < -0.3 is 15.4 Å². The van der Waals surface area contributed by atoms with Crippen LogP contribution in [0.4, 0.5) is 0 Å². The zero-order chi connectivity index (χ0) is 15.1. The number of carbonyl (C=O) groups excluding carboxylic acids is 1. The molecule has 0 fully saturated rings. The maximum atomic E-state index is 11.5. The van der Waals surface area contributed by atoms with Crippen LogP contribution in [0.25, 0.3) is 0 Å². The monoisotopic (exact) mass is 342 g/mol. The molecule has 0 aliphatic rings. The van der Waals surface area contributed by atoms with E-state index in [1.165, 1.54) is 0 Å². The molecule has 0 unspecified atom stereocenters. The fraction of sp³-hybridized carbons (Fsp3) is 0.533. The number of ether oxygens (including phenoxy) is 1. The number of rotatable bonds is 7. The molecule has 0 heterocycles. The summed E-state index contributed by atoms with van der Waals surface area (Å²) in [7, 11) is 0. The highest BCUT2D eigenvalue weighted by Gasteiger charge is 2.07. The van der Waals surface area contributed by atoms with Crippen molar-refractivity contribution < 1.29 is 9.53 Å². The minimum absolute atomic E-state index is 0.0386. The number of carbonyl (C=O) groups is 1. The average Bonchev–Trinajstić information content (AvgIpc) is 2.35. The molecule has 0 aliphatic carbocycles. The molecule has 0 saturated heterocycles. The Kier molecular flexibility index (Phi) is 7.02. The summed E-state index contributed by atoms with van der Waals surface area (Å²) < 4.78 is 6.54. The van der Waals surface area contributed by atoms with E-state index in [0.29, 0.717) is 11.8 Å². The van der Waals surface area contributed by atoms with Crippen molar-refractivity contribution in [1.82, 2.24) is 10.6 Å². The summed E-state index contributed by atoms with van der Waals surface area (Å²) >= 11 is 3.52. The maximum absolute atomic E-state index is 11.5. The molecule has 0 saturated carbocycles. The predicted octanol–water partition coefficient (Wildman–Crippen LogP) is 2.85. The first-order valence-corrected chi connectivity index (χ1v) is 7.61. The Labute approximate surface area is 129 Å². The van der Waals surface area contributed by atoms with Crippen LogP contribution in [-0.4, -0.2) is 24.6 Å². The quantitative estimate of drug-likeness (QED) is 0.800. The van der Waals surface area contributed by atoms with Crippen LogP contribution in [0.15, 0.2) is 22.7 Å². The Morgan fingerprint density at radius 3 is 2.55 bits per heavy atom. The van der Waals surface area contributed by atoms with Gasteiger partial charge in [0, 0.05) is 23.1 Å². The van der Waals surface area contributed by atoms with Crippen molar-refractivity contribution in [2.45, 2.75) is 46.3 Å². The van der Waals surface area contributed by atoms with Crippen molar-refractivity contribution >= 4 is 21.8 Å². The molecule has 1 aromatic carbocycles. The first-order valence-electron chi connectivity index (χ1n) is 6.82. The van der Waals surface area contributed by atoms with Gasteiger partial charge in [-0.1, -0.05) is 29.8 Å². The smallest absolute Gasteiger partial charge is 0.258 e. The van der Waals surface area contributed by atoms with Gasteiger partial charge in [-0.15, -0.1) is 0 Å². The molecule has 1 amide bonds. The Hall–Kier alpha value is -1.07. The number of benzene rings is 1. The summed E-state index contributed by atoms with van der Waals surface area (Å²) in [6.45, 7) is 8.85. The molecule has 1 aromatic rings. The van der Waals surface area contributed by atoms with E-state index >= 15 is 0 Å². The molecular formula is C15H23BrN2O2. The maximum Gasteiger partial charge on any atom is 0.258 e. The topological polar surface area (TPSA) is 50.4 Å². The van der Waals surface area contributed by atoms with Crippen LogP contribution in [0, 0.1) is 0 Å². The number of amides is 1. The minimum Gasteiger partial charge on any atom is -0.484 e. The van der Waals surface area contributed by atoms with Crippen LogP contribution in [0.3, 0.4) is 0 Å². The fourth-order valence-electron chi connectivity index (χ4n) is 1.60. The third kappa shape index (κ3) is 6.39. The summed E-state index contributed by atoms with van der Waals surface area (Å²) in [5, 5.41) is 6.15. The molecule has 0 atom stereocenters. The van der Waals surface area contributed by atoms with E-state index in [2.05, 4.69) is 40.4 Å². The van der Waals surface area contributed by atoms with E-state index in [-0.39, 0.29) is 18.6 Å². The van der Waals surface area contributed by atoms with E-state index < -0.39 is 0 Å². The van der Waals surface area contributed by atoms with E-state index in [9.17, 15) is 4.79 Å². The Bertz CT molecular complexity index is 447. The summed E-state index contributed by atoms with van der Waals surface area (Å²) in [6.07, 6.45) is 0. The lowest BCUT2D eigenvalue weighted by molar-refractivity contribution is -0.123. The molecule has 20 heavy (non-hydrogen) atoms. The van der Waals surface area contributed by atoms with Crippen molar-refractivity contribution in [2.24, 2.45) is 0 Å². The third-order valence-electron chi connectivity index (χ3n) is 2.54. The summed E-state index contributed by atoms with van der Waals surface area (Å²) in [5.74, 6) is 0.595. The van der Waals surface area contributed by atoms with Gasteiger partial charge in [0.05, 0.1) is 0 Å². The second-order valence-corrected chi connectivity index (χ2v) is 6.15. The second-order valence-electron chi connectivity index (χ2n) is 5.30. The highest BCUT2D eigenvalue weighted by Crippen LogP contribution is 2.22. The van der Waals surface area contributed by atoms with Crippen molar-refractivity contribution in [2.75, 3.05) is 6.61 Å². The molecule has 0 bridgehead atoms. The standard InChI is InChI=1S/C15H23BrN2O2/c1-10(2)17-8-12-7-13(5-6-14(12)16)20-9-15(19)18-11(3)4/h5-7,10-11,17H,8-9H2,1-4H3,(H,18,19). The average molecular weight is 343 g/mol. The number of hydrogen-bond acceptors (Lipinski definition) is 3. The summed E-state index contributed by atoms with van der Waals surface area (Å²) in [5.41, 5.74) is 1.11. The van der Waals surface area contributed by atoms with Crippen molar-refractivity contribution in [3.05, 3.63) is 28.2 Å². The molecule has 4 nitrogen and oxygen atoms in total. The lowest BCUT2D eigenvalue weighted by atomic mass is 10.2. The van der Waals surface area contributed by atoms with E-state index in [4.69, 9.17) is 4.74 Å². The lowest BCUT2D eigenvalue weighted by Gasteiger charge is -2.13. The molecule has 0 radical (unpaired) electrons. The van der Waals surface area contributed by atoms with Crippen LogP contribution >= 0.6 is 15.9 Å². The normalized spacial score (nSPS) is 10.9. The molecule has 0 spiro atoms. The first-order chi connectivity index (χ1) is 9.38. The molecule has 5 heteroatoms. The van der Waals surface area contributed by atoms with Gasteiger partial charge in [0.2, 0.25) is 0 Å². The van der Waals surface area contributed by atoms with E-state index in [1.54, 1.807) is 0 Å². The van der Waals surface area contributed by atoms with Crippen LogP contribution in [-0.2, 0) is 11.3 Å². The molecule has 0 aromatic heterocycles. The predicted molar refractivity (Wildman–Crippen MR) is 84.9 cm³/mol. The summed E-state index contributed by atoms with van der Waals surface area (Å²) in [6, 6.07) is 6.28.